The number of rotatable bonds is 5. The van der Waals surface area contributed by atoms with Crippen LogP contribution in [0.3, 0.4) is 0 Å². The van der Waals surface area contributed by atoms with Gasteiger partial charge in [0.15, 0.2) is 0 Å². The Morgan fingerprint density at radius 1 is 1.57 bits per heavy atom. The minimum atomic E-state index is 0.811. The van der Waals surface area contributed by atoms with Gasteiger partial charge in [0.2, 0.25) is 0 Å². The fourth-order valence-corrected chi connectivity index (χ4v) is 1.82. The molecule has 2 rings (SSSR count). The summed E-state index contributed by atoms with van der Waals surface area (Å²) in [5.74, 6) is 0.811. The molecule has 0 saturated heterocycles. The molecule has 0 bridgehead atoms. The van der Waals surface area contributed by atoms with Crippen LogP contribution < -0.4 is 5.32 Å². The van der Waals surface area contributed by atoms with Gasteiger partial charge in [0.25, 0.3) is 0 Å². The Balaban J connectivity index is 2.09. The van der Waals surface area contributed by atoms with E-state index in [0.717, 1.165) is 25.4 Å². The first-order valence-corrected chi connectivity index (χ1v) is 5.56. The van der Waals surface area contributed by atoms with Crippen LogP contribution in [0.25, 0.3) is 0 Å². The second kappa shape index (κ2) is 4.13. The van der Waals surface area contributed by atoms with Crippen LogP contribution in [-0.2, 0) is 13.0 Å². The molecule has 14 heavy (non-hydrogen) atoms. The first kappa shape index (κ1) is 9.71. The molecule has 0 radical (unpaired) electrons. The van der Waals surface area contributed by atoms with Crippen molar-refractivity contribution in [2.45, 2.75) is 38.6 Å². The molecule has 0 aliphatic heterocycles. The van der Waals surface area contributed by atoms with Crippen molar-refractivity contribution in [3.8, 4) is 0 Å². The maximum Gasteiger partial charge on any atom is 0.0640 e. The average molecular weight is 193 g/mol. The van der Waals surface area contributed by atoms with Gasteiger partial charge < -0.3 is 5.32 Å². The Bertz CT molecular complexity index is 299. The van der Waals surface area contributed by atoms with Crippen molar-refractivity contribution in [2.75, 3.05) is 13.6 Å². The summed E-state index contributed by atoms with van der Waals surface area (Å²) in [6.07, 6.45) is 3.76. The molecular formula is C11H19N3. The summed E-state index contributed by atoms with van der Waals surface area (Å²) >= 11 is 0. The molecule has 3 nitrogen and oxygen atoms in total. The molecule has 1 aliphatic rings. The third kappa shape index (κ3) is 1.98. The van der Waals surface area contributed by atoms with Gasteiger partial charge in [-0.2, -0.15) is 5.10 Å². The number of aromatic nitrogens is 2. The molecule has 0 spiro atoms. The molecule has 1 aromatic heterocycles. The molecule has 1 N–H and O–H groups in total. The van der Waals surface area contributed by atoms with E-state index in [1.807, 2.05) is 7.05 Å². The first-order valence-electron chi connectivity index (χ1n) is 5.56. The van der Waals surface area contributed by atoms with E-state index in [1.54, 1.807) is 0 Å². The molecule has 1 fully saturated rings. The molecule has 1 saturated carbocycles. The lowest BCUT2D eigenvalue weighted by molar-refractivity contribution is 0.611. The molecule has 0 atom stereocenters. The molecule has 1 heterocycles. The second-order valence-corrected chi connectivity index (χ2v) is 4.00. The number of likely N-dealkylation sites (N-methyl/N-ethyl adjacent to an activating group) is 1. The van der Waals surface area contributed by atoms with Gasteiger partial charge in [-0.1, -0.05) is 0 Å². The van der Waals surface area contributed by atoms with Crippen molar-refractivity contribution < 1.29 is 0 Å². The molecule has 78 valence electrons. The Morgan fingerprint density at radius 2 is 2.36 bits per heavy atom. The monoisotopic (exact) mass is 193 g/mol. The van der Waals surface area contributed by atoms with Crippen LogP contribution >= 0.6 is 0 Å². The van der Waals surface area contributed by atoms with Gasteiger partial charge in [-0.15, -0.1) is 0 Å². The van der Waals surface area contributed by atoms with Crippen molar-refractivity contribution >= 4 is 0 Å². The Kier molecular flexibility index (Phi) is 2.87. The number of hydrogen-bond donors (Lipinski definition) is 1. The van der Waals surface area contributed by atoms with E-state index >= 15 is 0 Å². The van der Waals surface area contributed by atoms with Crippen molar-refractivity contribution in [1.82, 2.24) is 15.1 Å². The average Bonchev–Trinajstić information content (AvgIpc) is 2.96. The predicted molar refractivity (Wildman–Crippen MR) is 57.5 cm³/mol. The predicted octanol–water partition coefficient (Wildman–Crippen LogP) is 1.54. The fourth-order valence-electron chi connectivity index (χ4n) is 1.82. The highest BCUT2D eigenvalue weighted by Gasteiger charge is 2.27. The topological polar surface area (TPSA) is 29.9 Å². The van der Waals surface area contributed by atoms with Crippen molar-refractivity contribution in [3.05, 3.63) is 17.5 Å². The summed E-state index contributed by atoms with van der Waals surface area (Å²) in [6.45, 7) is 4.19. The number of aryl methyl sites for hydroxylation is 1. The summed E-state index contributed by atoms with van der Waals surface area (Å²) in [5.41, 5.74) is 2.70. The standard InChI is InChI=1S/C11H19N3/c1-3-14-11(9-4-5-9)8-10(13-14)6-7-12-2/h8-9,12H,3-7H2,1-2H3. The van der Waals surface area contributed by atoms with E-state index in [1.165, 1.54) is 24.2 Å². The maximum absolute atomic E-state index is 4.60. The third-order valence-electron chi connectivity index (χ3n) is 2.79. The van der Waals surface area contributed by atoms with Gasteiger partial charge in [-0.25, -0.2) is 0 Å². The molecule has 0 amide bonds. The zero-order chi connectivity index (χ0) is 9.97. The van der Waals surface area contributed by atoms with Gasteiger partial charge in [0.05, 0.1) is 5.69 Å². The SMILES string of the molecule is CCn1nc(CCNC)cc1C1CC1. The van der Waals surface area contributed by atoms with Gasteiger partial charge >= 0.3 is 0 Å². The first-order chi connectivity index (χ1) is 6.85. The smallest absolute Gasteiger partial charge is 0.0640 e. The quantitative estimate of drug-likeness (QED) is 0.768. The van der Waals surface area contributed by atoms with Crippen LogP contribution in [0.4, 0.5) is 0 Å². The Labute approximate surface area is 85.5 Å². The van der Waals surface area contributed by atoms with Crippen molar-refractivity contribution in [3.63, 3.8) is 0 Å². The van der Waals surface area contributed by atoms with Crippen LogP contribution in [-0.4, -0.2) is 23.4 Å². The summed E-state index contributed by atoms with van der Waals surface area (Å²) in [4.78, 5) is 0. The highest BCUT2D eigenvalue weighted by atomic mass is 15.3. The lowest BCUT2D eigenvalue weighted by Crippen LogP contribution is -2.10. The van der Waals surface area contributed by atoms with Gasteiger partial charge in [0.1, 0.15) is 0 Å². The zero-order valence-corrected chi connectivity index (χ0v) is 9.08. The highest BCUT2D eigenvalue weighted by molar-refractivity contribution is 5.19. The van der Waals surface area contributed by atoms with Crippen molar-refractivity contribution in [2.24, 2.45) is 0 Å². The summed E-state index contributed by atoms with van der Waals surface area (Å²) in [6, 6.07) is 2.29. The number of hydrogen-bond acceptors (Lipinski definition) is 2. The minimum absolute atomic E-state index is 0.811. The van der Waals surface area contributed by atoms with Gasteiger partial charge in [-0.3, -0.25) is 4.68 Å². The van der Waals surface area contributed by atoms with Crippen LogP contribution in [0.5, 0.6) is 0 Å². The molecule has 0 aromatic carbocycles. The largest absolute Gasteiger partial charge is 0.319 e. The molecular weight excluding hydrogens is 174 g/mol. The number of nitrogens with one attached hydrogen (secondary N) is 1. The Hall–Kier alpha value is -0.830. The second-order valence-electron chi connectivity index (χ2n) is 4.00. The Morgan fingerprint density at radius 3 is 2.93 bits per heavy atom. The molecule has 3 heteroatoms. The lowest BCUT2D eigenvalue weighted by atomic mass is 10.2. The van der Waals surface area contributed by atoms with Crippen LogP contribution in [0.15, 0.2) is 6.07 Å². The third-order valence-corrected chi connectivity index (χ3v) is 2.79. The van der Waals surface area contributed by atoms with E-state index in [-0.39, 0.29) is 0 Å². The number of nitrogens with zero attached hydrogens (tertiary/aromatic N) is 2. The van der Waals surface area contributed by atoms with Gasteiger partial charge in [-0.05, 0) is 32.9 Å². The molecule has 1 aliphatic carbocycles. The van der Waals surface area contributed by atoms with Crippen molar-refractivity contribution in [1.29, 1.82) is 0 Å². The van der Waals surface area contributed by atoms with Gasteiger partial charge in [0, 0.05) is 31.1 Å². The normalized spacial score (nSPS) is 16.1. The van der Waals surface area contributed by atoms with E-state index < -0.39 is 0 Å². The van der Waals surface area contributed by atoms with E-state index in [9.17, 15) is 0 Å². The summed E-state index contributed by atoms with van der Waals surface area (Å²) in [7, 11) is 1.98. The van der Waals surface area contributed by atoms with Crippen LogP contribution in [0, 0.1) is 0 Å². The lowest BCUT2D eigenvalue weighted by Gasteiger charge is -2.00. The zero-order valence-electron chi connectivity index (χ0n) is 9.08. The highest BCUT2D eigenvalue weighted by Crippen LogP contribution is 2.40. The van der Waals surface area contributed by atoms with Crippen LogP contribution in [0.2, 0.25) is 0 Å². The van der Waals surface area contributed by atoms with E-state index in [2.05, 4.69) is 28.1 Å². The molecule has 1 aromatic rings. The summed E-state index contributed by atoms with van der Waals surface area (Å²) in [5, 5.41) is 7.76. The summed E-state index contributed by atoms with van der Waals surface area (Å²) < 4.78 is 2.17. The van der Waals surface area contributed by atoms with E-state index in [0.29, 0.717) is 0 Å². The maximum atomic E-state index is 4.60. The minimum Gasteiger partial charge on any atom is -0.319 e. The van der Waals surface area contributed by atoms with Crippen LogP contribution in [0.1, 0.15) is 37.1 Å². The van der Waals surface area contributed by atoms with E-state index in [4.69, 9.17) is 0 Å². The molecule has 0 unspecified atom stereocenters. The fraction of sp³-hybridized carbons (Fsp3) is 0.727.